The van der Waals surface area contributed by atoms with Crippen LogP contribution in [-0.2, 0) is 6.18 Å². The van der Waals surface area contributed by atoms with Gasteiger partial charge in [0.05, 0.1) is 23.9 Å². The van der Waals surface area contributed by atoms with E-state index < -0.39 is 11.7 Å². The summed E-state index contributed by atoms with van der Waals surface area (Å²) in [6, 6.07) is 11.1. The molecule has 2 aromatic carbocycles. The van der Waals surface area contributed by atoms with Crippen LogP contribution in [0.1, 0.15) is 29.3 Å². The number of ether oxygens (including phenoxy) is 1. The summed E-state index contributed by atoms with van der Waals surface area (Å²) < 4.78 is 43.9. The zero-order valence-corrected chi connectivity index (χ0v) is 16.5. The molecule has 3 aromatic rings. The number of nitrogens with one attached hydrogen (secondary N) is 1. The first kappa shape index (κ1) is 21.6. The van der Waals surface area contributed by atoms with Gasteiger partial charge in [-0.15, -0.1) is 0 Å². The molecule has 0 saturated heterocycles. The summed E-state index contributed by atoms with van der Waals surface area (Å²) in [6.07, 6.45) is -3.98. The van der Waals surface area contributed by atoms with Crippen LogP contribution >= 0.6 is 0 Å². The summed E-state index contributed by atoms with van der Waals surface area (Å²) in [5, 5.41) is 12.4. The van der Waals surface area contributed by atoms with Gasteiger partial charge < -0.3 is 15.2 Å². The zero-order chi connectivity index (χ0) is 21.9. The molecule has 0 aliphatic carbocycles. The van der Waals surface area contributed by atoms with Crippen LogP contribution in [0.15, 0.2) is 48.5 Å². The summed E-state index contributed by atoms with van der Waals surface area (Å²) in [7, 11) is 1.49. The molecule has 2 N–H and O–H groups in total. The number of pyridine rings is 1. The Kier molecular flexibility index (Phi) is 6.26. The molecular formula is C22H21F3N2O3. The van der Waals surface area contributed by atoms with Gasteiger partial charge >= 0.3 is 6.18 Å². The number of hydrogen-bond acceptors (Lipinski definition) is 4. The number of benzene rings is 2. The highest BCUT2D eigenvalue weighted by atomic mass is 19.4. The molecule has 0 aliphatic rings. The molecule has 5 nitrogen and oxygen atoms in total. The highest BCUT2D eigenvalue weighted by Crippen LogP contribution is 2.33. The molecule has 0 unspecified atom stereocenters. The van der Waals surface area contributed by atoms with Crippen molar-refractivity contribution in [1.29, 1.82) is 0 Å². The second kappa shape index (κ2) is 8.71. The Hall–Kier alpha value is -3.13. The average Bonchev–Trinajstić information content (AvgIpc) is 2.72. The normalized spacial score (nSPS) is 12.6. The molecule has 158 valence electrons. The van der Waals surface area contributed by atoms with Crippen LogP contribution in [0.3, 0.4) is 0 Å². The Bertz CT molecular complexity index is 1050. The second-order valence-corrected chi connectivity index (χ2v) is 6.90. The zero-order valence-electron chi connectivity index (χ0n) is 16.5. The Morgan fingerprint density at radius 3 is 2.47 bits per heavy atom. The van der Waals surface area contributed by atoms with Gasteiger partial charge in [0, 0.05) is 35.2 Å². The number of fused-ring (bicyclic) bond motifs is 1. The molecule has 0 bridgehead atoms. The number of halogens is 3. The molecule has 3 rings (SSSR count). The largest absolute Gasteiger partial charge is 0.496 e. The first-order chi connectivity index (χ1) is 14.2. The minimum atomic E-state index is -4.41. The fourth-order valence-corrected chi connectivity index (χ4v) is 3.06. The highest BCUT2D eigenvalue weighted by Gasteiger charge is 2.30. The van der Waals surface area contributed by atoms with E-state index in [9.17, 15) is 18.0 Å². The van der Waals surface area contributed by atoms with Crippen LogP contribution < -0.4 is 10.1 Å². The second-order valence-electron chi connectivity index (χ2n) is 6.90. The van der Waals surface area contributed by atoms with E-state index in [1.165, 1.54) is 19.2 Å². The third kappa shape index (κ3) is 4.71. The Morgan fingerprint density at radius 2 is 1.87 bits per heavy atom. The maximum absolute atomic E-state index is 12.8. The van der Waals surface area contributed by atoms with Crippen LogP contribution in [0.25, 0.3) is 22.2 Å². The van der Waals surface area contributed by atoms with Crippen molar-refractivity contribution in [3.8, 4) is 17.0 Å². The number of aromatic nitrogens is 1. The van der Waals surface area contributed by atoms with E-state index >= 15 is 0 Å². The highest BCUT2D eigenvalue weighted by molar-refractivity contribution is 5.99. The van der Waals surface area contributed by atoms with Gasteiger partial charge in [0.1, 0.15) is 5.75 Å². The van der Waals surface area contributed by atoms with Crippen LogP contribution in [0, 0.1) is 0 Å². The molecule has 1 amide bonds. The molecule has 0 radical (unpaired) electrons. The number of methoxy groups -OCH3 is 1. The number of carbonyl (C=O) groups excluding carboxylic acids is 1. The van der Waals surface area contributed by atoms with E-state index in [4.69, 9.17) is 9.84 Å². The number of carbonyl (C=O) groups is 1. The molecule has 0 saturated carbocycles. The summed E-state index contributed by atoms with van der Waals surface area (Å²) in [5.41, 5.74) is 1.04. The van der Waals surface area contributed by atoms with Crippen molar-refractivity contribution in [3.63, 3.8) is 0 Å². The lowest BCUT2D eigenvalue weighted by Crippen LogP contribution is -2.33. The van der Waals surface area contributed by atoms with Gasteiger partial charge in [-0.1, -0.05) is 12.1 Å². The molecule has 1 heterocycles. The standard InChI is InChI=1S/C22H21F3N2O3/c1-13(9-10-28)26-21(29)15-5-8-17-19(11-15)27-18(12-20(17)30-2)14-3-6-16(7-4-14)22(23,24)25/h3-8,11-13,28H,9-10H2,1-2H3,(H,26,29)/t13-/m1/s1. The topological polar surface area (TPSA) is 71.5 Å². The number of aliphatic hydroxyl groups excluding tert-OH is 1. The number of hydrogen-bond donors (Lipinski definition) is 2. The van der Waals surface area contributed by atoms with E-state index in [2.05, 4.69) is 10.3 Å². The molecule has 0 fully saturated rings. The van der Waals surface area contributed by atoms with Gasteiger partial charge in [0.25, 0.3) is 5.91 Å². The first-order valence-corrected chi connectivity index (χ1v) is 9.31. The van der Waals surface area contributed by atoms with Gasteiger partial charge in [-0.3, -0.25) is 4.79 Å². The number of alkyl halides is 3. The van der Waals surface area contributed by atoms with Gasteiger partial charge in [0.15, 0.2) is 0 Å². The molecule has 1 aromatic heterocycles. The first-order valence-electron chi connectivity index (χ1n) is 9.31. The third-order valence-corrected chi connectivity index (χ3v) is 4.70. The molecule has 1 atom stereocenters. The fraction of sp³-hybridized carbons (Fsp3) is 0.273. The van der Waals surface area contributed by atoms with Crippen molar-refractivity contribution in [2.24, 2.45) is 0 Å². The number of aliphatic hydroxyl groups is 1. The van der Waals surface area contributed by atoms with Crippen molar-refractivity contribution in [3.05, 3.63) is 59.7 Å². The average molecular weight is 418 g/mol. The van der Waals surface area contributed by atoms with Gasteiger partial charge in [0.2, 0.25) is 0 Å². The van der Waals surface area contributed by atoms with Crippen LogP contribution in [0.5, 0.6) is 5.75 Å². The quantitative estimate of drug-likeness (QED) is 0.621. The van der Waals surface area contributed by atoms with Crippen molar-refractivity contribution in [2.45, 2.75) is 25.6 Å². The maximum Gasteiger partial charge on any atom is 0.416 e. The fourth-order valence-electron chi connectivity index (χ4n) is 3.06. The van der Waals surface area contributed by atoms with Crippen molar-refractivity contribution in [1.82, 2.24) is 10.3 Å². The Balaban J connectivity index is 1.99. The molecule has 0 spiro atoms. The number of rotatable bonds is 6. The smallest absolute Gasteiger partial charge is 0.416 e. The van der Waals surface area contributed by atoms with Gasteiger partial charge in [-0.2, -0.15) is 13.2 Å². The third-order valence-electron chi connectivity index (χ3n) is 4.70. The van der Waals surface area contributed by atoms with Crippen LogP contribution in [0.2, 0.25) is 0 Å². The Labute approximate surface area is 171 Å². The lowest BCUT2D eigenvalue weighted by molar-refractivity contribution is -0.137. The number of amides is 1. The summed E-state index contributed by atoms with van der Waals surface area (Å²) in [4.78, 5) is 17.0. The molecule has 8 heteroatoms. The predicted molar refractivity (Wildman–Crippen MR) is 107 cm³/mol. The minimum absolute atomic E-state index is 0.0333. The Morgan fingerprint density at radius 1 is 1.17 bits per heavy atom. The van der Waals surface area contributed by atoms with E-state index in [0.717, 1.165) is 12.1 Å². The molecular weight excluding hydrogens is 397 g/mol. The van der Waals surface area contributed by atoms with E-state index in [1.54, 1.807) is 31.2 Å². The monoisotopic (exact) mass is 418 g/mol. The minimum Gasteiger partial charge on any atom is -0.496 e. The maximum atomic E-state index is 12.8. The lowest BCUT2D eigenvalue weighted by atomic mass is 10.0. The van der Waals surface area contributed by atoms with Crippen molar-refractivity contribution in [2.75, 3.05) is 13.7 Å². The summed E-state index contributed by atoms with van der Waals surface area (Å²) in [5.74, 6) is 0.189. The SMILES string of the molecule is COc1cc(-c2ccc(C(F)(F)F)cc2)nc2cc(C(=O)N[C@H](C)CCO)ccc12. The van der Waals surface area contributed by atoms with Gasteiger partial charge in [-0.25, -0.2) is 4.98 Å². The van der Waals surface area contributed by atoms with Crippen LogP contribution in [0.4, 0.5) is 13.2 Å². The van der Waals surface area contributed by atoms with Crippen LogP contribution in [-0.4, -0.2) is 35.8 Å². The lowest BCUT2D eigenvalue weighted by Gasteiger charge is -2.14. The van der Waals surface area contributed by atoms with Crippen molar-refractivity contribution < 1.29 is 27.8 Å². The summed E-state index contributed by atoms with van der Waals surface area (Å²) in [6.45, 7) is 1.76. The van der Waals surface area contributed by atoms with Crippen molar-refractivity contribution >= 4 is 16.8 Å². The van der Waals surface area contributed by atoms with Gasteiger partial charge in [-0.05, 0) is 43.7 Å². The molecule has 30 heavy (non-hydrogen) atoms. The predicted octanol–water partition coefficient (Wildman–Crippen LogP) is 4.43. The summed E-state index contributed by atoms with van der Waals surface area (Å²) >= 11 is 0. The van der Waals surface area contributed by atoms with E-state index in [0.29, 0.717) is 39.9 Å². The molecule has 0 aliphatic heterocycles. The van der Waals surface area contributed by atoms with E-state index in [-0.39, 0.29) is 18.6 Å². The number of nitrogens with zero attached hydrogens (tertiary/aromatic N) is 1. The van der Waals surface area contributed by atoms with E-state index in [1.807, 2.05) is 0 Å².